The Labute approximate surface area is 144 Å². The van der Waals surface area contributed by atoms with E-state index in [1.54, 1.807) is 13.0 Å². The van der Waals surface area contributed by atoms with Gasteiger partial charge in [0.05, 0.1) is 12.7 Å². The molecule has 5 nitrogen and oxygen atoms in total. The lowest BCUT2D eigenvalue weighted by atomic mass is 10.1. The molecule has 1 heterocycles. The zero-order valence-electron chi connectivity index (χ0n) is 14.0. The van der Waals surface area contributed by atoms with Crippen molar-refractivity contribution in [1.82, 2.24) is 0 Å². The summed E-state index contributed by atoms with van der Waals surface area (Å²) in [5.41, 5.74) is 0.342. The van der Waals surface area contributed by atoms with E-state index in [4.69, 9.17) is 9.47 Å². The van der Waals surface area contributed by atoms with Crippen molar-refractivity contribution < 1.29 is 32.2 Å². The van der Waals surface area contributed by atoms with Crippen LogP contribution in [0, 0.1) is 0 Å². The maximum Gasteiger partial charge on any atom is 0.422 e. The lowest BCUT2D eigenvalue weighted by molar-refractivity contribution is -0.153. The predicted molar refractivity (Wildman–Crippen MR) is 85.6 cm³/mol. The molecule has 1 amide bonds. The highest BCUT2D eigenvalue weighted by Crippen LogP contribution is 2.21. The largest absolute Gasteiger partial charge is 0.484 e. The van der Waals surface area contributed by atoms with Gasteiger partial charge in [-0.3, -0.25) is 4.79 Å². The number of alkyl halides is 3. The number of ether oxygens (including phenoxy) is 3. The van der Waals surface area contributed by atoms with Crippen LogP contribution in [-0.4, -0.2) is 44.1 Å². The summed E-state index contributed by atoms with van der Waals surface area (Å²) in [6.45, 7) is 1.27. The number of halogens is 3. The molecule has 0 aromatic heterocycles. The van der Waals surface area contributed by atoms with Gasteiger partial charge in [0, 0.05) is 18.4 Å². The van der Waals surface area contributed by atoms with Gasteiger partial charge in [0.15, 0.2) is 6.61 Å². The van der Waals surface area contributed by atoms with Crippen molar-refractivity contribution >= 4 is 11.6 Å². The average Bonchev–Trinajstić information content (AvgIpc) is 2.58. The molecule has 0 spiro atoms. The lowest BCUT2D eigenvalue weighted by Gasteiger charge is -2.23. The second-order valence-electron chi connectivity index (χ2n) is 5.89. The summed E-state index contributed by atoms with van der Waals surface area (Å²) in [5.74, 6) is -0.358. The topological polar surface area (TPSA) is 56.8 Å². The Hall–Kier alpha value is -1.80. The molecule has 2 rings (SSSR count). The van der Waals surface area contributed by atoms with Gasteiger partial charge in [-0.15, -0.1) is 0 Å². The Bertz CT molecular complexity index is 559. The van der Waals surface area contributed by atoms with Gasteiger partial charge in [-0.05, 0) is 38.3 Å². The van der Waals surface area contributed by atoms with E-state index >= 15 is 0 Å². The van der Waals surface area contributed by atoms with E-state index in [9.17, 15) is 18.0 Å². The third kappa shape index (κ3) is 7.31. The first-order valence-electron chi connectivity index (χ1n) is 8.17. The first kappa shape index (κ1) is 19.5. The van der Waals surface area contributed by atoms with E-state index in [-0.39, 0.29) is 17.8 Å². The zero-order chi connectivity index (χ0) is 18.3. The molecule has 1 aliphatic heterocycles. The minimum Gasteiger partial charge on any atom is -0.484 e. The second-order valence-corrected chi connectivity index (χ2v) is 5.89. The fourth-order valence-electron chi connectivity index (χ4n) is 2.34. The summed E-state index contributed by atoms with van der Waals surface area (Å²) >= 11 is 0. The summed E-state index contributed by atoms with van der Waals surface area (Å²) < 4.78 is 52.2. The summed E-state index contributed by atoms with van der Waals surface area (Å²) in [5, 5.41) is 2.60. The van der Waals surface area contributed by atoms with E-state index in [0.717, 1.165) is 19.3 Å². The molecule has 0 aliphatic carbocycles. The van der Waals surface area contributed by atoms with E-state index in [1.165, 1.54) is 18.2 Å². The number of rotatable bonds is 7. The summed E-state index contributed by atoms with van der Waals surface area (Å²) in [6.07, 6.45) is -2.08. The van der Waals surface area contributed by atoms with E-state index < -0.39 is 18.9 Å². The van der Waals surface area contributed by atoms with Crippen LogP contribution < -0.4 is 10.1 Å². The van der Waals surface area contributed by atoms with Crippen LogP contribution in [0.5, 0.6) is 5.75 Å². The van der Waals surface area contributed by atoms with Gasteiger partial charge in [0.2, 0.25) is 0 Å². The lowest BCUT2D eigenvalue weighted by Crippen LogP contribution is -2.32. The molecule has 0 radical (unpaired) electrons. The molecule has 25 heavy (non-hydrogen) atoms. The number of amides is 1. The van der Waals surface area contributed by atoms with Gasteiger partial charge < -0.3 is 19.5 Å². The van der Waals surface area contributed by atoms with Crippen LogP contribution in [0.4, 0.5) is 18.9 Å². The molecule has 2 atom stereocenters. The summed E-state index contributed by atoms with van der Waals surface area (Å²) in [4.78, 5) is 12.1. The van der Waals surface area contributed by atoms with Gasteiger partial charge in [-0.1, -0.05) is 6.07 Å². The van der Waals surface area contributed by atoms with E-state index in [0.29, 0.717) is 18.9 Å². The van der Waals surface area contributed by atoms with Crippen molar-refractivity contribution in [3.63, 3.8) is 0 Å². The Kier molecular flexibility index (Phi) is 7.07. The standard InChI is InChI=1S/C17H22F3NO4/c1-12(24-10-15-6-2-3-8-23-15)16(22)21-13-5-4-7-14(9-13)25-11-17(18,19)20/h4-5,7,9,12,15H,2-3,6,8,10-11H2,1H3,(H,21,22). The Morgan fingerprint density at radius 2 is 2.20 bits per heavy atom. The monoisotopic (exact) mass is 361 g/mol. The Balaban J connectivity index is 1.80. The molecule has 0 bridgehead atoms. The quantitative estimate of drug-likeness (QED) is 0.807. The van der Waals surface area contributed by atoms with Gasteiger partial charge in [0.1, 0.15) is 11.9 Å². The Morgan fingerprint density at radius 1 is 1.40 bits per heavy atom. The molecular weight excluding hydrogens is 339 g/mol. The molecule has 8 heteroatoms. The van der Waals surface area contributed by atoms with Crippen LogP contribution in [0.25, 0.3) is 0 Å². The molecule has 1 aliphatic rings. The highest BCUT2D eigenvalue weighted by Gasteiger charge is 2.28. The van der Waals surface area contributed by atoms with Gasteiger partial charge >= 0.3 is 6.18 Å². The number of benzene rings is 1. The predicted octanol–water partition coefficient (Wildman–Crippen LogP) is 3.54. The SMILES string of the molecule is CC(OCC1CCCCO1)C(=O)Nc1cccc(OCC(F)(F)F)c1. The van der Waals surface area contributed by atoms with Gasteiger partial charge in [-0.25, -0.2) is 0 Å². The molecule has 1 fully saturated rings. The maximum atomic E-state index is 12.2. The molecule has 2 unspecified atom stereocenters. The highest BCUT2D eigenvalue weighted by atomic mass is 19.4. The fraction of sp³-hybridized carbons (Fsp3) is 0.588. The third-order valence-corrected chi connectivity index (χ3v) is 3.68. The number of carbonyl (C=O) groups excluding carboxylic acids is 1. The molecule has 1 N–H and O–H groups in total. The van der Waals surface area contributed by atoms with Crippen molar-refractivity contribution in [3.8, 4) is 5.75 Å². The van der Waals surface area contributed by atoms with Crippen LogP contribution >= 0.6 is 0 Å². The van der Waals surface area contributed by atoms with Gasteiger partial charge in [0.25, 0.3) is 5.91 Å². The molecule has 1 saturated heterocycles. The summed E-state index contributed by atoms with van der Waals surface area (Å²) in [6, 6.07) is 5.79. The third-order valence-electron chi connectivity index (χ3n) is 3.68. The normalized spacial score (nSPS) is 19.3. The van der Waals surface area contributed by atoms with Crippen molar-refractivity contribution in [2.45, 2.75) is 44.6 Å². The van der Waals surface area contributed by atoms with Crippen LogP contribution in [0.1, 0.15) is 26.2 Å². The van der Waals surface area contributed by atoms with Crippen molar-refractivity contribution in [2.24, 2.45) is 0 Å². The second kappa shape index (κ2) is 9.05. The molecular formula is C17H22F3NO4. The van der Waals surface area contributed by atoms with Crippen LogP contribution in [0.2, 0.25) is 0 Å². The van der Waals surface area contributed by atoms with Gasteiger partial charge in [-0.2, -0.15) is 13.2 Å². The summed E-state index contributed by atoms with van der Waals surface area (Å²) in [7, 11) is 0. The minimum absolute atomic E-state index is 0.00287. The minimum atomic E-state index is -4.41. The molecule has 1 aromatic carbocycles. The highest BCUT2D eigenvalue weighted by molar-refractivity contribution is 5.94. The van der Waals surface area contributed by atoms with Crippen LogP contribution in [0.15, 0.2) is 24.3 Å². The molecule has 1 aromatic rings. The van der Waals surface area contributed by atoms with E-state index in [2.05, 4.69) is 10.1 Å². The fourth-order valence-corrected chi connectivity index (χ4v) is 2.34. The average molecular weight is 361 g/mol. The number of anilines is 1. The number of hydrogen-bond donors (Lipinski definition) is 1. The zero-order valence-corrected chi connectivity index (χ0v) is 14.0. The van der Waals surface area contributed by atoms with E-state index in [1.807, 2.05) is 0 Å². The van der Waals surface area contributed by atoms with Crippen molar-refractivity contribution in [2.75, 3.05) is 25.1 Å². The molecule has 0 saturated carbocycles. The Morgan fingerprint density at radius 3 is 2.88 bits per heavy atom. The number of hydrogen-bond acceptors (Lipinski definition) is 4. The number of nitrogens with one attached hydrogen (secondary N) is 1. The first-order chi connectivity index (χ1) is 11.8. The van der Waals surface area contributed by atoms with Crippen molar-refractivity contribution in [3.05, 3.63) is 24.3 Å². The van der Waals surface area contributed by atoms with Crippen LogP contribution in [-0.2, 0) is 14.3 Å². The maximum absolute atomic E-state index is 12.2. The molecule has 140 valence electrons. The van der Waals surface area contributed by atoms with Crippen molar-refractivity contribution in [1.29, 1.82) is 0 Å². The first-order valence-corrected chi connectivity index (χ1v) is 8.17. The number of carbonyl (C=O) groups is 1. The van der Waals surface area contributed by atoms with Crippen LogP contribution in [0.3, 0.4) is 0 Å². The smallest absolute Gasteiger partial charge is 0.422 e.